The molecule has 4 nitrogen and oxygen atoms in total. The lowest BCUT2D eigenvalue weighted by molar-refractivity contribution is -0.116. The number of hydrogen-bond acceptors (Lipinski definition) is 5. The molecule has 5 rings (SSSR count). The normalized spacial score (nSPS) is 20.4. The van der Waals surface area contributed by atoms with E-state index in [9.17, 15) is 4.79 Å². The molecule has 0 saturated carbocycles. The summed E-state index contributed by atoms with van der Waals surface area (Å²) in [5.41, 5.74) is 4.81. The molecule has 0 amide bonds. The average molecular weight is 431 g/mol. The summed E-state index contributed by atoms with van der Waals surface area (Å²) in [6, 6.07) is 20.1. The highest BCUT2D eigenvalue weighted by atomic mass is 32.1. The molecule has 1 aliphatic carbocycles. The highest BCUT2D eigenvalue weighted by Crippen LogP contribution is 2.46. The molecule has 0 spiro atoms. The van der Waals surface area contributed by atoms with Crippen LogP contribution in [0.1, 0.15) is 49.1 Å². The number of fused-ring (bicyclic) bond motifs is 1. The van der Waals surface area contributed by atoms with Crippen molar-refractivity contribution in [2.75, 3.05) is 10.6 Å². The molecule has 3 aromatic rings. The zero-order valence-corrected chi connectivity index (χ0v) is 18.5. The van der Waals surface area contributed by atoms with Crippen molar-refractivity contribution in [3.63, 3.8) is 0 Å². The maximum Gasteiger partial charge on any atom is 0.163 e. The van der Waals surface area contributed by atoms with Gasteiger partial charge in [-0.15, -0.1) is 11.3 Å². The number of ether oxygens (including phenoxy) is 1. The van der Waals surface area contributed by atoms with E-state index >= 15 is 0 Å². The lowest BCUT2D eigenvalue weighted by Gasteiger charge is -2.30. The van der Waals surface area contributed by atoms with Gasteiger partial charge in [-0.05, 0) is 49.9 Å². The van der Waals surface area contributed by atoms with Gasteiger partial charge in [0.05, 0.1) is 23.5 Å². The van der Waals surface area contributed by atoms with Gasteiger partial charge in [-0.25, -0.2) is 0 Å². The molecule has 158 valence electrons. The molecule has 5 heteroatoms. The number of ketones is 1. The van der Waals surface area contributed by atoms with Gasteiger partial charge in [0, 0.05) is 34.0 Å². The third kappa shape index (κ3) is 3.86. The number of allylic oxidation sites excluding steroid dienone is 1. The molecule has 0 radical (unpaired) electrons. The number of nitrogens with one attached hydrogen (secondary N) is 2. The van der Waals surface area contributed by atoms with Crippen LogP contribution in [0.2, 0.25) is 0 Å². The van der Waals surface area contributed by atoms with E-state index in [1.165, 1.54) is 4.88 Å². The van der Waals surface area contributed by atoms with E-state index in [1.54, 1.807) is 11.3 Å². The van der Waals surface area contributed by atoms with Gasteiger partial charge in [-0.3, -0.25) is 4.79 Å². The van der Waals surface area contributed by atoms with Gasteiger partial charge in [0.2, 0.25) is 0 Å². The Bertz CT molecular complexity index is 1130. The molecule has 2 atom stereocenters. The summed E-state index contributed by atoms with van der Waals surface area (Å²) in [6.45, 7) is 4.05. The fourth-order valence-corrected chi connectivity index (χ4v) is 5.36. The van der Waals surface area contributed by atoms with Crippen LogP contribution >= 0.6 is 11.3 Å². The number of hydrogen-bond donors (Lipinski definition) is 2. The van der Waals surface area contributed by atoms with Crippen molar-refractivity contribution in [2.45, 2.75) is 44.8 Å². The maximum atomic E-state index is 13.6. The molecule has 1 aromatic heterocycles. The quantitative estimate of drug-likeness (QED) is 0.495. The van der Waals surface area contributed by atoms with Crippen LogP contribution in [0.25, 0.3) is 0 Å². The van der Waals surface area contributed by atoms with Gasteiger partial charge < -0.3 is 15.4 Å². The van der Waals surface area contributed by atoms with Crippen LogP contribution in [-0.4, -0.2) is 11.9 Å². The first-order valence-corrected chi connectivity index (χ1v) is 11.7. The zero-order chi connectivity index (χ0) is 21.4. The van der Waals surface area contributed by atoms with Gasteiger partial charge in [0.1, 0.15) is 5.75 Å². The van der Waals surface area contributed by atoms with E-state index in [0.717, 1.165) is 40.4 Å². The fraction of sp³-hybridized carbons (Fsp3) is 0.269. The van der Waals surface area contributed by atoms with E-state index in [0.29, 0.717) is 6.42 Å². The first-order valence-electron chi connectivity index (χ1n) is 10.8. The Balaban J connectivity index is 1.64. The van der Waals surface area contributed by atoms with Crippen LogP contribution in [-0.2, 0) is 4.79 Å². The third-order valence-electron chi connectivity index (χ3n) is 5.85. The van der Waals surface area contributed by atoms with Crippen molar-refractivity contribution >= 4 is 28.5 Å². The van der Waals surface area contributed by atoms with Gasteiger partial charge in [0.15, 0.2) is 5.78 Å². The van der Waals surface area contributed by atoms with Crippen molar-refractivity contribution in [3.05, 3.63) is 87.8 Å². The van der Waals surface area contributed by atoms with Gasteiger partial charge in [-0.2, -0.15) is 0 Å². The van der Waals surface area contributed by atoms with Crippen LogP contribution < -0.4 is 15.4 Å². The highest BCUT2D eigenvalue weighted by Gasteiger charge is 2.37. The van der Waals surface area contributed by atoms with E-state index in [2.05, 4.69) is 46.3 Å². The van der Waals surface area contributed by atoms with Crippen molar-refractivity contribution < 1.29 is 9.53 Å². The van der Waals surface area contributed by atoms with Gasteiger partial charge in [0.25, 0.3) is 0 Å². The molecule has 2 aromatic carbocycles. The molecule has 31 heavy (non-hydrogen) atoms. The summed E-state index contributed by atoms with van der Waals surface area (Å²) < 4.78 is 6.13. The predicted molar refractivity (Wildman–Crippen MR) is 127 cm³/mol. The van der Waals surface area contributed by atoms with Crippen LogP contribution in [0.15, 0.2) is 77.3 Å². The summed E-state index contributed by atoms with van der Waals surface area (Å²) in [5.74, 6) is 1.22. The smallest absolute Gasteiger partial charge is 0.163 e. The summed E-state index contributed by atoms with van der Waals surface area (Å²) in [4.78, 5) is 14.9. The number of anilines is 2. The Morgan fingerprint density at radius 1 is 0.968 bits per heavy atom. The zero-order valence-electron chi connectivity index (χ0n) is 17.7. The summed E-state index contributed by atoms with van der Waals surface area (Å²) >= 11 is 1.73. The van der Waals surface area contributed by atoms with Crippen LogP contribution in [0, 0.1) is 0 Å². The monoisotopic (exact) mass is 430 g/mol. The Hall–Kier alpha value is -3.05. The Morgan fingerprint density at radius 2 is 1.74 bits per heavy atom. The van der Waals surface area contributed by atoms with Crippen LogP contribution in [0.3, 0.4) is 0 Å². The van der Waals surface area contributed by atoms with Crippen molar-refractivity contribution in [1.82, 2.24) is 0 Å². The highest BCUT2D eigenvalue weighted by molar-refractivity contribution is 7.10. The number of thiophene rings is 1. The van der Waals surface area contributed by atoms with E-state index in [4.69, 9.17) is 4.74 Å². The lowest BCUT2D eigenvalue weighted by atomic mass is 9.80. The van der Waals surface area contributed by atoms with Crippen LogP contribution in [0.5, 0.6) is 5.75 Å². The molecule has 2 N–H and O–H groups in total. The first kappa shape index (κ1) is 19.9. The minimum absolute atomic E-state index is 0.0519. The van der Waals surface area contributed by atoms with E-state index < -0.39 is 0 Å². The van der Waals surface area contributed by atoms with Gasteiger partial charge in [-0.1, -0.05) is 36.4 Å². The molecule has 2 aliphatic rings. The van der Waals surface area contributed by atoms with Gasteiger partial charge >= 0.3 is 0 Å². The number of carbonyl (C=O) groups excluding carboxylic acids is 1. The second-order valence-electron chi connectivity index (χ2n) is 8.39. The Morgan fingerprint density at radius 3 is 2.52 bits per heavy atom. The SMILES string of the molecule is CC(C)Oc1ccccc1[C@@H]1Nc2ccccc2NC2=C1C(=O)C[C@@H](c1cccs1)C2. The molecule has 0 fully saturated rings. The molecular formula is C26H26N2O2S. The number of rotatable bonds is 4. The first-order chi connectivity index (χ1) is 15.1. The average Bonchev–Trinajstić information content (AvgIpc) is 3.23. The number of benzene rings is 2. The fourth-order valence-electron chi connectivity index (χ4n) is 4.53. The second kappa shape index (κ2) is 8.23. The van der Waals surface area contributed by atoms with Crippen molar-refractivity contribution in [3.8, 4) is 5.75 Å². The lowest BCUT2D eigenvalue weighted by Crippen LogP contribution is -2.27. The maximum absolute atomic E-state index is 13.6. The second-order valence-corrected chi connectivity index (χ2v) is 9.37. The third-order valence-corrected chi connectivity index (χ3v) is 6.88. The topological polar surface area (TPSA) is 50.4 Å². The summed E-state index contributed by atoms with van der Waals surface area (Å²) in [7, 11) is 0. The number of para-hydroxylation sites is 3. The van der Waals surface area contributed by atoms with Crippen LogP contribution in [0.4, 0.5) is 11.4 Å². The minimum Gasteiger partial charge on any atom is -0.491 e. The summed E-state index contributed by atoms with van der Waals surface area (Å²) in [6.07, 6.45) is 1.40. The van der Waals surface area contributed by atoms with E-state index in [-0.39, 0.29) is 23.8 Å². The summed E-state index contributed by atoms with van der Waals surface area (Å²) in [5, 5.41) is 9.34. The molecule has 0 bridgehead atoms. The molecule has 2 heterocycles. The molecular weight excluding hydrogens is 404 g/mol. The number of Topliss-reactive ketones (excluding diaryl/α,β-unsaturated/α-hetero) is 1. The largest absolute Gasteiger partial charge is 0.491 e. The molecule has 0 unspecified atom stereocenters. The number of carbonyl (C=O) groups is 1. The Kier molecular flexibility index (Phi) is 5.28. The molecule has 1 aliphatic heterocycles. The molecule has 0 saturated heterocycles. The van der Waals surface area contributed by atoms with Crippen molar-refractivity contribution in [1.29, 1.82) is 0 Å². The Labute approximate surface area is 187 Å². The predicted octanol–water partition coefficient (Wildman–Crippen LogP) is 6.51. The standard InChI is InChI=1S/C26H26N2O2S/c1-16(2)30-23-11-6-3-8-18(23)26-25-21(27-19-9-4-5-10-20(19)28-26)14-17(15-22(25)29)24-12-7-13-31-24/h3-13,16-17,26-28H,14-15H2,1-2H3/t17-,26-/m0/s1. The minimum atomic E-state index is -0.266. The van der Waals surface area contributed by atoms with E-state index in [1.807, 2.05) is 44.2 Å². The van der Waals surface area contributed by atoms with Crippen molar-refractivity contribution in [2.24, 2.45) is 0 Å².